The fourth-order valence-corrected chi connectivity index (χ4v) is 3.49. The summed E-state index contributed by atoms with van der Waals surface area (Å²) >= 11 is 0. The number of hydrogen-bond donors (Lipinski definition) is 4. The molecule has 0 spiro atoms. The zero-order valence-corrected chi connectivity index (χ0v) is 17.5. The molecule has 1 aromatic rings. The maximum atomic E-state index is 12.6. The first-order chi connectivity index (χ1) is 13.4. The molecule has 2 rings (SSSR count). The molecule has 3 amide bonds. The third-order valence-electron chi connectivity index (χ3n) is 5.15. The fraction of sp³-hybridized carbons (Fsp3) is 0.636. The van der Waals surface area contributed by atoms with Crippen LogP contribution in [0.15, 0.2) is 24.3 Å². The third-order valence-corrected chi connectivity index (χ3v) is 5.15. The number of carbonyl (C=O) groups is 2. The Kier molecular flexibility index (Phi) is 9.28. The van der Waals surface area contributed by atoms with E-state index < -0.39 is 6.04 Å². The Morgan fingerprint density at radius 3 is 2.57 bits per heavy atom. The predicted octanol–water partition coefficient (Wildman–Crippen LogP) is 2.71. The first-order valence-electron chi connectivity index (χ1n) is 10.5. The molecule has 2 unspecified atom stereocenters. The van der Waals surface area contributed by atoms with Crippen LogP contribution in [-0.4, -0.2) is 37.6 Å². The maximum absolute atomic E-state index is 12.6. The number of rotatable bonds is 9. The van der Waals surface area contributed by atoms with Crippen LogP contribution in [0.4, 0.5) is 4.79 Å². The average Bonchev–Trinajstić information content (AvgIpc) is 2.67. The Morgan fingerprint density at radius 1 is 1.18 bits per heavy atom. The number of carbonyl (C=O) groups excluding carboxylic acids is 2. The van der Waals surface area contributed by atoms with Crippen molar-refractivity contribution < 1.29 is 9.59 Å². The van der Waals surface area contributed by atoms with Crippen LogP contribution in [-0.2, 0) is 11.3 Å². The van der Waals surface area contributed by atoms with Gasteiger partial charge in [-0.25, -0.2) is 4.79 Å². The van der Waals surface area contributed by atoms with Crippen LogP contribution in [0, 0.1) is 18.8 Å². The van der Waals surface area contributed by atoms with Gasteiger partial charge in [0, 0.05) is 13.1 Å². The lowest BCUT2D eigenvalue weighted by Gasteiger charge is -2.24. The summed E-state index contributed by atoms with van der Waals surface area (Å²) < 4.78 is 0. The Bertz CT molecular complexity index is 609. The molecule has 1 saturated heterocycles. The molecule has 6 nitrogen and oxygen atoms in total. The quantitative estimate of drug-likeness (QED) is 0.525. The molecule has 1 heterocycles. The number of benzene rings is 1. The minimum absolute atomic E-state index is 0.0945. The average molecular weight is 389 g/mol. The number of piperidine rings is 1. The minimum Gasteiger partial charge on any atom is -0.354 e. The van der Waals surface area contributed by atoms with Gasteiger partial charge in [0.2, 0.25) is 5.91 Å². The van der Waals surface area contributed by atoms with Crippen molar-refractivity contribution in [2.45, 2.75) is 59.0 Å². The van der Waals surface area contributed by atoms with E-state index in [1.165, 1.54) is 18.4 Å². The highest BCUT2D eigenvalue weighted by Gasteiger charge is 2.22. The van der Waals surface area contributed by atoms with Crippen molar-refractivity contribution in [1.82, 2.24) is 21.3 Å². The van der Waals surface area contributed by atoms with Gasteiger partial charge in [-0.05, 0) is 63.1 Å². The van der Waals surface area contributed by atoms with E-state index in [4.69, 9.17) is 0 Å². The highest BCUT2D eigenvalue weighted by atomic mass is 16.2. The SMILES string of the molecule is Cc1ccc(CNC(=O)NC(CC(C)C)C(=O)NCCC2CCCNC2)cc1. The van der Waals surface area contributed by atoms with E-state index >= 15 is 0 Å². The van der Waals surface area contributed by atoms with E-state index in [0.29, 0.717) is 31.3 Å². The third kappa shape index (κ3) is 8.30. The number of hydrogen-bond acceptors (Lipinski definition) is 3. The van der Waals surface area contributed by atoms with Crippen LogP contribution >= 0.6 is 0 Å². The van der Waals surface area contributed by atoms with E-state index in [0.717, 1.165) is 25.1 Å². The van der Waals surface area contributed by atoms with Gasteiger partial charge in [-0.15, -0.1) is 0 Å². The topological polar surface area (TPSA) is 82.3 Å². The largest absolute Gasteiger partial charge is 0.354 e. The zero-order chi connectivity index (χ0) is 20.4. The second kappa shape index (κ2) is 11.7. The zero-order valence-electron chi connectivity index (χ0n) is 17.5. The van der Waals surface area contributed by atoms with Gasteiger partial charge < -0.3 is 21.3 Å². The molecular weight excluding hydrogens is 352 g/mol. The first-order valence-corrected chi connectivity index (χ1v) is 10.5. The molecule has 156 valence electrons. The molecule has 1 aliphatic heterocycles. The van der Waals surface area contributed by atoms with Crippen LogP contribution in [0.1, 0.15) is 50.7 Å². The summed E-state index contributed by atoms with van der Waals surface area (Å²) in [7, 11) is 0. The summed E-state index contributed by atoms with van der Waals surface area (Å²) in [5, 5.41) is 12.1. The van der Waals surface area contributed by atoms with Gasteiger partial charge >= 0.3 is 6.03 Å². The van der Waals surface area contributed by atoms with Crippen molar-refractivity contribution in [2.75, 3.05) is 19.6 Å². The van der Waals surface area contributed by atoms with Crippen molar-refractivity contribution in [1.29, 1.82) is 0 Å². The van der Waals surface area contributed by atoms with Crippen molar-refractivity contribution in [2.24, 2.45) is 11.8 Å². The number of nitrogens with one attached hydrogen (secondary N) is 4. The monoisotopic (exact) mass is 388 g/mol. The predicted molar refractivity (Wildman–Crippen MR) is 113 cm³/mol. The molecule has 6 heteroatoms. The molecule has 0 bridgehead atoms. The molecule has 0 radical (unpaired) electrons. The van der Waals surface area contributed by atoms with Crippen molar-refractivity contribution in [3.8, 4) is 0 Å². The highest BCUT2D eigenvalue weighted by molar-refractivity contribution is 5.87. The summed E-state index contributed by atoms with van der Waals surface area (Å²) in [4.78, 5) is 24.9. The summed E-state index contributed by atoms with van der Waals surface area (Å²) in [6.45, 7) is 9.37. The Labute approximate surface area is 169 Å². The van der Waals surface area contributed by atoms with Gasteiger partial charge in [0.1, 0.15) is 6.04 Å². The molecule has 1 fully saturated rings. The van der Waals surface area contributed by atoms with Gasteiger partial charge in [-0.3, -0.25) is 4.79 Å². The van der Waals surface area contributed by atoms with E-state index in [2.05, 4.69) is 35.1 Å². The molecule has 2 atom stereocenters. The molecule has 28 heavy (non-hydrogen) atoms. The second-order valence-corrected chi connectivity index (χ2v) is 8.29. The van der Waals surface area contributed by atoms with Crippen molar-refractivity contribution >= 4 is 11.9 Å². The molecular formula is C22H36N4O2. The summed E-state index contributed by atoms with van der Waals surface area (Å²) in [5.74, 6) is 0.849. The Balaban J connectivity index is 1.77. The van der Waals surface area contributed by atoms with Gasteiger partial charge in [-0.1, -0.05) is 43.7 Å². The van der Waals surface area contributed by atoms with Gasteiger partial charge in [0.05, 0.1) is 0 Å². The lowest BCUT2D eigenvalue weighted by atomic mass is 9.96. The van der Waals surface area contributed by atoms with Crippen molar-refractivity contribution in [3.05, 3.63) is 35.4 Å². The lowest BCUT2D eigenvalue weighted by Crippen LogP contribution is -2.50. The van der Waals surface area contributed by atoms with E-state index in [1.807, 2.05) is 31.2 Å². The fourth-order valence-electron chi connectivity index (χ4n) is 3.49. The van der Waals surface area contributed by atoms with Crippen LogP contribution in [0.5, 0.6) is 0 Å². The summed E-state index contributed by atoms with van der Waals surface area (Å²) in [6.07, 6.45) is 4.02. The number of urea groups is 1. The smallest absolute Gasteiger partial charge is 0.315 e. The Morgan fingerprint density at radius 2 is 1.93 bits per heavy atom. The standard InChI is InChI=1S/C22H36N4O2/c1-16(2)13-20(21(27)24-12-10-18-5-4-11-23-14-18)26-22(28)25-15-19-8-6-17(3)7-9-19/h6-9,16,18,20,23H,4-5,10-15H2,1-3H3,(H,24,27)(H2,25,26,28). The van der Waals surface area contributed by atoms with Crippen LogP contribution < -0.4 is 21.3 Å². The molecule has 1 aromatic carbocycles. The lowest BCUT2D eigenvalue weighted by molar-refractivity contribution is -0.123. The number of aryl methyl sites for hydroxylation is 1. The normalized spacial score (nSPS) is 17.8. The van der Waals surface area contributed by atoms with E-state index in [1.54, 1.807) is 0 Å². The van der Waals surface area contributed by atoms with Crippen LogP contribution in [0.25, 0.3) is 0 Å². The molecule has 0 aromatic heterocycles. The van der Waals surface area contributed by atoms with Crippen LogP contribution in [0.3, 0.4) is 0 Å². The Hall–Kier alpha value is -2.08. The molecule has 0 saturated carbocycles. The van der Waals surface area contributed by atoms with Gasteiger partial charge in [0.25, 0.3) is 0 Å². The van der Waals surface area contributed by atoms with Gasteiger partial charge in [0.15, 0.2) is 0 Å². The van der Waals surface area contributed by atoms with E-state index in [9.17, 15) is 9.59 Å². The van der Waals surface area contributed by atoms with E-state index in [-0.39, 0.29) is 11.9 Å². The summed E-state index contributed by atoms with van der Waals surface area (Å²) in [5.41, 5.74) is 2.22. The maximum Gasteiger partial charge on any atom is 0.315 e. The summed E-state index contributed by atoms with van der Waals surface area (Å²) in [6, 6.07) is 7.21. The van der Waals surface area contributed by atoms with Crippen molar-refractivity contribution in [3.63, 3.8) is 0 Å². The number of amides is 3. The molecule has 4 N–H and O–H groups in total. The second-order valence-electron chi connectivity index (χ2n) is 8.29. The molecule has 0 aliphatic carbocycles. The molecule has 1 aliphatic rings. The highest BCUT2D eigenvalue weighted by Crippen LogP contribution is 2.13. The van der Waals surface area contributed by atoms with Crippen LogP contribution in [0.2, 0.25) is 0 Å². The van der Waals surface area contributed by atoms with Gasteiger partial charge in [-0.2, -0.15) is 0 Å². The first kappa shape index (κ1) is 22.2. The minimum atomic E-state index is -0.512.